The van der Waals surface area contributed by atoms with Crippen LogP contribution in [0.3, 0.4) is 0 Å². The lowest BCUT2D eigenvalue weighted by molar-refractivity contribution is -0.121. The van der Waals surface area contributed by atoms with E-state index in [4.69, 9.17) is 0 Å². The van der Waals surface area contributed by atoms with Crippen LogP contribution >= 0.6 is 11.3 Å². The highest BCUT2D eigenvalue weighted by atomic mass is 32.1. The number of aromatic nitrogens is 1. The number of carbonyl (C=O) groups excluding carboxylic acids is 3. The van der Waals surface area contributed by atoms with Crippen LogP contribution in [0.2, 0.25) is 0 Å². The van der Waals surface area contributed by atoms with Gasteiger partial charge in [0.25, 0.3) is 5.91 Å². The molecule has 1 aliphatic heterocycles. The number of hydrogen-bond acceptors (Lipinski definition) is 5. The van der Waals surface area contributed by atoms with Gasteiger partial charge in [-0.1, -0.05) is 11.3 Å². The highest BCUT2D eigenvalue weighted by molar-refractivity contribution is 7.22. The lowest BCUT2D eigenvalue weighted by atomic mass is 10.2. The van der Waals surface area contributed by atoms with Crippen LogP contribution in [0.4, 0.5) is 5.13 Å². The Hall–Kier alpha value is -2.28. The van der Waals surface area contributed by atoms with E-state index < -0.39 is 0 Å². The summed E-state index contributed by atoms with van der Waals surface area (Å²) in [7, 11) is 3.37. The molecule has 1 fully saturated rings. The van der Waals surface area contributed by atoms with E-state index in [2.05, 4.69) is 4.98 Å². The van der Waals surface area contributed by atoms with E-state index in [1.165, 1.54) is 16.2 Å². The number of nitrogens with zero attached hydrogens (tertiary/aromatic N) is 3. The van der Waals surface area contributed by atoms with Gasteiger partial charge in [-0.3, -0.25) is 14.4 Å². The second kappa shape index (κ2) is 4.92. The molecule has 1 aromatic carbocycles. The number of carbonyl (C=O) groups is 3. The molecule has 0 aliphatic carbocycles. The van der Waals surface area contributed by atoms with Gasteiger partial charge in [0.2, 0.25) is 11.8 Å². The minimum absolute atomic E-state index is 0.0971. The van der Waals surface area contributed by atoms with Crippen molar-refractivity contribution in [3.8, 4) is 0 Å². The minimum Gasteiger partial charge on any atom is -0.345 e. The number of imide groups is 1. The van der Waals surface area contributed by atoms with Gasteiger partial charge in [-0.15, -0.1) is 0 Å². The van der Waals surface area contributed by atoms with Gasteiger partial charge in [0, 0.05) is 32.5 Å². The molecule has 21 heavy (non-hydrogen) atoms. The molecule has 6 nitrogen and oxygen atoms in total. The Labute approximate surface area is 125 Å². The monoisotopic (exact) mass is 303 g/mol. The standard InChI is InChI=1S/C14H13N3O3S/c1-16(2)13(20)8-3-4-9-10(7-8)21-14(15-9)17-11(18)5-6-12(17)19/h3-4,7H,5-6H2,1-2H3. The van der Waals surface area contributed by atoms with Crippen LogP contribution in [-0.2, 0) is 9.59 Å². The van der Waals surface area contributed by atoms with Crippen LogP contribution in [0.1, 0.15) is 23.2 Å². The van der Waals surface area contributed by atoms with Gasteiger partial charge in [0.15, 0.2) is 5.13 Å². The Morgan fingerprint density at radius 2 is 1.90 bits per heavy atom. The van der Waals surface area contributed by atoms with Gasteiger partial charge in [0.1, 0.15) is 0 Å². The van der Waals surface area contributed by atoms with E-state index >= 15 is 0 Å². The third-order valence-electron chi connectivity index (χ3n) is 3.27. The maximum Gasteiger partial charge on any atom is 0.253 e. The molecule has 2 aromatic rings. The van der Waals surface area contributed by atoms with Crippen molar-refractivity contribution >= 4 is 44.4 Å². The van der Waals surface area contributed by atoms with Crippen molar-refractivity contribution < 1.29 is 14.4 Å². The topological polar surface area (TPSA) is 70.6 Å². The molecular formula is C14H13N3O3S. The molecule has 0 bridgehead atoms. The quantitative estimate of drug-likeness (QED) is 0.791. The number of benzene rings is 1. The summed E-state index contributed by atoms with van der Waals surface area (Å²) >= 11 is 1.25. The van der Waals surface area contributed by atoms with Gasteiger partial charge in [0.05, 0.1) is 10.2 Å². The smallest absolute Gasteiger partial charge is 0.253 e. The third-order valence-corrected chi connectivity index (χ3v) is 4.28. The third kappa shape index (κ3) is 2.29. The fourth-order valence-electron chi connectivity index (χ4n) is 2.19. The summed E-state index contributed by atoms with van der Waals surface area (Å²) in [6, 6.07) is 5.17. The summed E-state index contributed by atoms with van der Waals surface area (Å²) in [5.41, 5.74) is 1.24. The zero-order valence-corrected chi connectivity index (χ0v) is 12.4. The normalized spacial score (nSPS) is 15.0. The molecule has 3 amide bonds. The lowest BCUT2D eigenvalue weighted by Gasteiger charge is -2.09. The van der Waals surface area contributed by atoms with Gasteiger partial charge in [-0.05, 0) is 18.2 Å². The second-order valence-electron chi connectivity index (χ2n) is 5.00. The summed E-state index contributed by atoms with van der Waals surface area (Å²) in [4.78, 5) is 42.4. The molecule has 108 valence electrons. The van der Waals surface area contributed by atoms with E-state index in [0.29, 0.717) is 16.2 Å². The Balaban J connectivity index is 2.03. The number of thiazole rings is 1. The Bertz CT molecular complexity index is 750. The minimum atomic E-state index is -0.219. The molecule has 0 spiro atoms. The van der Waals surface area contributed by atoms with E-state index in [1.54, 1.807) is 32.3 Å². The molecular weight excluding hydrogens is 290 g/mol. The van der Waals surface area contributed by atoms with Crippen LogP contribution in [0, 0.1) is 0 Å². The Morgan fingerprint density at radius 3 is 2.52 bits per heavy atom. The number of rotatable bonds is 2. The molecule has 0 unspecified atom stereocenters. The van der Waals surface area contributed by atoms with Crippen molar-refractivity contribution in [1.29, 1.82) is 0 Å². The largest absolute Gasteiger partial charge is 0.345 e. The maximum atomic E-state index is 11.9. The van der Waals surface area contributed by atoms with Gasteiger partial charge in [-0.25, -0.2) is 9.88 Å². The zero-order valence-electron chi connectivity index (χ0n) is 11.6. The summed E-state index contributed by atoms with van der Waals surface area (Å²) in [5, 5.41) is 0.381. The molecule has 2 heterocycles. The van der Waals surface area contributed by atoms with E-state index in [1.807, 2.05) is 0 Å². The van der Waals surface area contributed by atoms with Crippen LogP contribution in [0.5, 0.6) is 0 Å². The molecule has 0 N–H and O–H groups in total. The summed E-state index contributed by atoms with van der Waals surface area (Å²) in [5.74, 6) is -0.535. The lowest BCUT2D eigenvalue weighted by Crippen LogP contribution is -2.28. The van der Waals surface area contributed by atoms with Crippen molar-refractivity contribution in [2.24, 2.45) is 0 Å². The molecule has 1 aromatic heterocycles. The van der Waals surface area contributed by atoms with E-state index in [9.17, 15) is 14.4 Å². The molecule has 0 atom stereocenters. The first kappa shape index (κ1) is 13.7. The second-order valence-corrected chi connectivity index (χ2v) is 6.01. The predicted molar refractivity (Wildman–Crippen MR) is 79.4 cm³/mol. The van der Waals surface area contributed by atoms with Crippen LogP contribution in [0.15, 0.2) is 18.2 Å². The van der Waals surface area contributed by atoms with Gasteiger partial charge >= 0.3 is 0 Å². The fourth-order valence-corrected chi connectivity index (χ4v) is 3.23. The number of fused-ring (bicyclic) bond motifs is 1. The van der Waals surface area contributed by atoms with Crippen LogP contribution < -0.4 is 4.90 Å². The first-order valence-electron chi connectivity index (χ1n) is 6.45. The summed E-state index contributed by atoms with van der Waals surface area (Å²) < 4.78 is 0.783. The maximum absolute atomic E-state index is 11.9. The molecule has 3 rings (SSSR count). The predicted octanol–water partition coefficient (Wildman–Crippen LogP) is 1.65. The average molecular weight is 303 g/mol. The van der Waals surface area contributed by atoms with E-state index in [0.717, 1.165) is 9.60 Å². The Kier molecular flexibility index (Phi) is 3.21. The molecule has 1 saturated heterocycles. The van der Waals surface area contributed by atoms with Crippen LogP contribution in [0.25, 0.3) is 10.2 Å². The van der Waals surface area contributed by atoms with Crippen molar-refractivity contribution in [1.82, 2.24) is 9.88 Å². The number of hydrogen-bond donors (Lipinski definition) is 0. The SMILES string of the molecule is CN(C)C(=O)c1ccc2nc(N3C(=O)CCC3=O)sc2c1. The highest BCUT2D eigenvalue weighted by Crippen LogP contribution is 2.32. The number of amides is 3. The van der Waals surface area contributed by atoms with Gasteiger partial charge < -0.3 is 4.90 Å². The molecule has 7 heteroatoms. The average Bonchev–Trinajstić information content (AvgIpc) is 2.99. The van der Waals surface area contributed by atoms with Crippen molar-refractivity contribution in [3.05, 3.63) is 23.8 Å². The highest BCUT2D eigenvalue weighted by Gasteiger charge is 2.32. The van der Waals surface area contributed by atoms with Gasteiger partial charge in [-0.2, -0.15) is 0 Å². The zero-order chi connectivity index (χ0) is 15.1. The fraction of sp³-hybridized carbons (Fsp3) is 0.286. The van der Waals surface area contributed by atoms with Crippen molar-refractivity contribution in [3.63, 3.8) is 0 Å². The first-order chi connectivity index (χ1) is 9.97. The molecule has 1 aliphatic rings. The number of anilines is 1. The van der Waals surface area contributed by atoms with Crippen molar-refractivity contribution in [2.45, 2.75) is 12.8 Å². The first-order valence-corrected chi connectivity index (χ1v) is 7.27. The molecule has 0 saturated carbocycles. The van der Waals surface area contributed by atoms with E-state index in [-0.39, 0.29) is 30.6 Å². The summed E-state index contributed by atoms with van der Waals surface area (Å²) in [6.07, 6.45) is 0.470. The van der Waals surface area contributed by atoms with Crippen molar-refractivity contribution in [2.75, 3.05) is 19.0 Å². The van der Waals surface area contributed by atoms with Crippen LogP contribution in [-0.4, -0.2) is 41.7 Å². The molecule has 0 radical (unpaired) electrons. The summed E-state index contributed by atoms with van der Waals surface area (Å²) in [6.45, 7) is 0. The Morgan fingerprint density at radius 1 is 1.24 bits per heavy atom.